The molecule has 2 heterocycles. The molecule has 258 valence electrons. The summed E-state index contributed by atoms with van der Waals surface area (Å²) in [4.78, 5) is 0.981. The summed E-state index contributed by atoms with van der Waals surface area (Å²) in [5.74, 6) is -14.5. The second-order valence-corrected chi connectivity index (χ2v) is 14.4. The Morgan fingerprint density at radius 2 is 1.04 bits per heavy atom. The highest BCUT2D eigenvalue weighted by Crippen LogP contribution is 2.66. The predicted molar refractivity (Wildman–Crippen MR) is 195 cm³/mol. The zero-order chi connectivity index (χ0) is 36.0. The average Bonchev–Trinajstić information content (AvgIpc) is 3.59. The van der Waals surface area contributed by atoms with Crippen LogP contribution >= 0.6 is 22.7 Å². The Morgan fingerprint density at radius 3 is 1.62 bits per heavy atom. The summed E-state index contributed by atoms with van der Waals surface area (Å²) in [6, 6.07) is 19.6. The number of hydrogen-bond donors (Lipinski definition) is 0. The summed E-state index contributed by atoms with van der Waals surface area (Å²) in [6.45, 7) is 4.49. The normalized spacial score (nSPS) is 16.9. The third-order valence-corrected chi connectivity index (χ3v) is 11.0. The van der Waals surface area contributed by atoms with Gasteiger partial charge in [-0.2, -0.15) is 26.3 Å². The highest BCUT2D eigenvalue weighted by Gasteiger charge is 2.80. The molecule has 0 bridgehead atoms. The molecule has 0 N–H and O–H groups in total. The molecule has 10 heteroatoms. The van der Waals surface area contributed by atoms with Crippen molar-refractivity contribution in [2.24, 2.45) is 0 Å². The molecule has 6 rings (SSSR count). The van der Waals surface area contributed by atoms with E-state index >= 15 is 26.3 Å². The molecule has 5 aromatic rings. The number of aryl methyl sites for hydroxylation is 2. The van der Waals surface area contributed by atoms with Gasteiger partial charge in [0.05, 0.1) is 14.2 Å². The first-order valence-corrected chi connectivity index (χ1v) is 17.2. The van der Waals surface area contributed by atoms with E-state index in [1.54, 1.807) is 56.7 Å². The minimum absolute atomic E-state index is 0.212. The summed E-state index contributed by atoms with van der Waals surface area (Å²) >= 11 is 2.19. The average molecular weight is 723 g/mol. The molecule has 0 fully saturated rings. The van der Waals surface area contributed by atoms with E-state index < -0.39 is 28.9 Å². The van der Waals surface area contributed by atoms with Gasteiger partial charge in [0.15, 0.2) is 0 Å². The molecule has 0 amide bonds. The van der Waals surface area contributed by atoms with Gasteiger partial charge in [-0.15, -0.1) is 22.7 Å². The molecule has 2 aromatic heterocycles. The molecule has 0 saturated heterocycles. The van der Waals surface area contributed by atoms with Crippen molar-refractivity contribution in [2.75, 3.05) is 14.2 Å². The van der Waals surface area contributed by atoms with Crippen molar-refractivity contribution in [1.29, 1.82) is 0 Å². The SMILES string of the molecule is COc1ccc(C=CC=Cc2sc(C)c(C3=C(c4c(C)sc5cc(C=Cc6ccc(OC)cc6)ccc45)C(F)(F)C(F)(F)C3(F)F)c2C)cc1. The maximum atomic E-state index is 15.9. The highest BCUT2D eigenvalue weighted by atomic mass is 32.1. The number of benzene rings is 3. The Morgan fingerprint density at radius 1 is 0.560 bits per heavy atom. The fourth-order valence-electron chi connectivity index (χ4n) is 6.17. The predicted octanol–water partition coefficient (Wildman–Crippen LogP) is 12.6. The van der Waals surface area contributed by atoms with Crippen LogP contribution in [-0.4, -0.2) is 32.0 Å². The van der Waals surface area contributed by atoms with Crippen molar-refractivity contribution in [3.63, 3.8) is 0 Å². The third-order valence-electron chi connectivity index (χ3n) is 8.76. The molecule has 0 atom stereocenters. The Labute approximate surface area is 294 Å². The number of fused-ring (bicyclic) bond motifs is 1. The van der Waals surface area contributed by atoms with Crippen LogP contribution in [0.4, 0.5) is 26.3 Å². The first-order chi connectivity index (χ1) is 23.7. The molecule has 2 nitrogen and oxygen atoms in total. The molecule has 50 heavy (non-hydrogen) atoms. The highest BCUT2D eigenvalue weighted by molar-refractivity contribution is 7.19. The van der Waals surface area contributed by atoms with Crippen LogP contribution in [0.5, 0.6) is 11.5 Å². The first-order valence-electron chi connectivity index (χ1n) is 15.5. The fraction of sp³-hybridized carbons (Fsp3) is 0.200. The van der Waals surface area contributed by atoms with E-state index in [-0.39, 0.29) is 31.8 Å². The van der Waals surface area contributed by atoms with Crippen molar-refractivity contribution in [1.82, 2.24) is 0 Å². The lowest BCUT2D eigenvalue weighted by Crippen LogP contribution is -2.49. The second-order valence-electron chi connectivity index (χ2n) is 11.9. The summed E-state index contributed by atoms with van der Waals surface area (Å²) < 4.78 is 105. The number of thiophene rings is 2. The van der Waals surface area contributed by atoms with E-state index in [4.69, 9.17) is 9.47 Å². The van der Waals surface area contributed by atoms with Gasteiger partial charge in [0.2, 0.25) is 0 Å². The van der Waals surface area contributed by atoms with Crippen LogP contribution in [0, 0.1) is 20.8 Å². The Balaban J connectivity index is 1.43. The minimum atomic E-state index is -5.65. The first kappa shape index (κ1) is 35.3. The number of rotatable bonds is 9. The molecule has 0 saturated carbocycles. The van der Waals surface area contributed by atoms with E-state index in [1.165, 1.54) is 26.8 Å². The van der Waals surface area contributed by atoms with Gasteiger partial charge in [-0.3, -0.25) is 0 Å². The van der Waals surface area contributed by atoms with Crippen LogP contribution in [0.25, 0.3) is 45.5 Å². The number of hydrogen-bond acceptors (Lipinski definition) is 4. The molecule has 1 aliphatic carbocycles. The van der Waals surface area contributed by atoms with Crippen molar-refractivity contribution in [3.8, 4) is 11.5 Å². The fourth-order valence-corrected chi connectivity index (χ4v) is 8.38. The van der Waals surface area contributed by atoms with Gasteiger partial charge in [0.1, 0.15) is 11.5 Å². The van der Waals surface area contributed by atoms with Gasteiger partial charge in [-0.25, -0.2) is 0 Å². The van der Waals surface area contributed by atoms with Gasteiger partial charge < -0.3 is 9.47 Å². The third kappa shape index (κ3) is 5.98. The van der Waals surface area contributed by atoms with E-state index in [2.05, 4.69) is 0 Å². The van der Waals surface area contributed by atoms with Crippen LogP contribution in [0.2, 0.25) is 0 Å². The van der Waals surface area contributed by atoms with Crippen molar-refractivity contribution in [3.05, 3.63) is 127 Å². The summed E-state index contributed by atoms with van der Waals surface area (Å²) in [5.41, 5.74) is -0.464. The molecule has 0 unspecified atom stereocenters. The van der Waals surface area contributed by atoms with E-state index in [0.717, 1.165) is 39.4 Å². The molecular weight excluding hydrogens is 691 g/mol. The zero-order valence-corrected chi connectivity index (χ0v) is 29.3. The lowest BCUT2D eigenvalue weighted by Gasteiger charge is -2.26. The van der Waals surface area contributed by atoms with Crippen molar-refractivity contribution < 1.29 is 35.8 Å². The lowest BCUT2D eigenvalue weighted by molar-refractivity contribution is -0.254. The summed E-state index contributed by atoms with van der Waals surface area (Å²) in [5, 5.41) is 0.212. The summed E-state index contributed by atoms with van der Waals surface area (Å²) in [7, 11) is 3.14. The maximum absolute atomic E-state index is 15.9. The molecular formula is C40H32F6O2S2. The zero-order valence-electron chi connectivity index (χ0n) is 27.7. The topological polar surface area (TPSA) is 18.5 Å². The number of alkyl halides is 6. The molecule has 1 aliphatic rings. The smallest absolute Gasteiger partial charge is 0.380 e. The Bertz CT molecular complexity index is 2180. The van der Waals surface area contributed by atoms with E-state index in [0.29, 0.717) is 21.1 Å². The second kappa shape index (κ2) is 13.3. The van der Waals surface area contributed by atoms with Crippen LogP contribution in [0.3, 0.4) is 0 Å². The monoisotopic (exact) mass is 722 g/mol. The number of methoxy groups -OCH3 is 2. The molecule has 0 radical (unpaired) electrons. The van der Waals surface area contributed by atoms with Crippen LogP contribution in [0.1, 0.15) is 48.0 Å². The maximum Gasteiger partial charge on any atom is 0.380 e. The number of halogens is 6. The Kier molecular flexibility index (Phi) is 9.39. The standard InChI is InChI=1S/C40H32F6O2S2/c1-23-32(9-7-6-8-26-12-17-29(47-4)18-13-26)49-24(2)34(23)36-37(39(43,44)40(45,46)38(36,41)42)35-25(3)50-33-22-28(16-21-31(33)35)11-10-27-14-19-30(48-5)20-15-27/h6-22H,1-5H3. The van der Waals surface area contributed by atoms with Gasteiger partial charge in [0.25, 0.3) is 0 Å². The van der Waals surface area contributed by atoms with Crippen LogP contribution in [0.15, 0.2) is 78.9 Å². The van der Waals surface area contributed by atoms with Crippen molar-refractivity contribution >= 4 is 68.2 Å². The largest absolute Gasteiger partial charge is 0.497 e. The van der Waals surface area contributed by atoms with Gasteiger partial charge in [0, 0.05) is 47.0 Å². The van der Waals surface area contributed by atoms with Gasteiger partial charge >= 0.3 is 17.8 Å². The minimum Gasteiger partial charge on any atom is -0.497 e. The molecule has 3 aromatic carbocycles. The van der Waals surface area contributed by atoms with Crippen molar-refractivity contribution in [2.45, 2.75) is 38.5 Å². The Hall–Kier alpha value is -4.54. The van der Waals surface area contributed by atoms with Gasteiger partial charge in [-0.05, 0) is 79.4 Å². The number of allylic oxidation sites excluding steroid dienone is 4. The lowest BCUT2D eigenvalue weighted by atomic mass is 9.91. The van der Waals surface area contributed by atoms with E-state index in [1.807, 2.05) is 54.6 Å². The van der Waals surface area contributed by atoms with E-state index in [9.17, 15) is 0 Å². The quantitative estimate of drug-likeness (QED) is 0.0857. The van der Waals surface area contributed by atoms with Crippen LogP contribution in [-0.2, 0) is 0 Å². The molecule has 0 aliphatic heterocycles. The number of ether oxygens (including phenoxy) is 2. The molecule has 0 spiro atoms. The van der Waals surface area contributed by atoms with Gasteiger partial charge in [-0.1, -0.05) is 66.8 Å². The van der Waals surface area contributed by atoms with Crippen LogP contribution < -0.4 is 9.47 Å². The summed E-state index contributed by atoms with van der Waals surface area (Å²) in [6.07, 6.45) is 10.6.